The van der Waals surface area contributed by atoms with Crippen molar-refractivity contribution in [2.45, 2.75) is 31.3 Å². The zero-order valence-corrected chi connectivity index (χ0v) is 17.1. The van der Waals surface area contributed by atoms with Crippen molar-refractivity contribution in [3.8, 4) is 6.07 Å². The molecule has 0 bridgehead atoms. The van der Waals surface area contributed by atoms with E-state index in [1.807, 2.05) is 18.2 Å². The molecule has 10 heteroatoms. The van der Waals surface area contributed by atoms with Gasteiger partial charge in [0.25, 0.3) is 5.91 Å². The first-order valence-electron chi connectivity index (χ1n) is 10.2. The van der Waals surface area contributed by atoms with Crippen LogP contribution < -0.4 is 5.32 Å². The van der Waals surface area contributed by atoms with Gasteiger partial charge in [0, 0.05) is 19.3 Å². The van der Waals surface area contributed by atoms with E-state index >= 15 is 0 Å². The number of benzene rings is 1. The van der Waals surface area contributed by atoms with Gasteiger partial charge >= 0.3 is 0 Å². The largest absolute Gasteiger partial charge is 0.331 e. The topological polar surface area (TPSA) is 124 Å². The van der Waals surface area contributed by atoms with E-state index in [4.69, 9.17) is 0 Å². The number of rotatable bonds is 6. The van der Waals surface area contributed by atoms with Crippen molar-refractivity contribution < 1.29 is 14.4 Å². The SMILES string of the molecule is CN(CC(=O)N1CC(C(=O)Nc2ccccc2)CC1C#N)C(=O)c1cn(C2CC2)nn1. The van der Waals surface area contributed by atoms with E-state index in [0.29, 0.717) is 11.7 Å². The number of para-hydroxylation sites is 1. The van der Waals surface area contributed by atoms with Gasteiger partial charge in [0.15, 0.2) is 5.69 Å². The van der Waals surface area contributed by atoms with E-state index in [1.54, 1.807) is 23.0 Å². The van der Waals surface area contributed by atoms with Crippen LogP contribution in [0.25, 0.3) is 0 Å². The predicted molar refractivity (Wildman–Crippen MR) is 110 cm³/mol. The Hall–Kier alpha value is -3.74. The average molecular weight is 421 g/mol. The molecule has 2 aromatic rings. The third kappa shape index (κ3) is 4.55. The van der Waals surface area contributed by atoms with Crippen LogP contribution in [0.1, 0.15) is 35.8 Å². The van der Waals surface area contributed by atoms with E-state index in [2.05, 4.69) is 21.7 Å². The Morgan fingerprint density at radius 1 is 1.26 bits per heavy atom. The van der Waals surface area contributed by atoms with Crippen LogP contribution in [0.15, 0.2) is 36.5 Å². The molecule has 2 aliphatic rings. The Morgan fingerprint density at radius 2 is 2.00 bits per heavy atom. The van der Waals surface area contributed by atoms with Crippen LogP contribution in [-0.4, -0.2) is 68.7 Å². The summed E-state index contributed by atoms with van der Waals surface area (Å²) < 4.78 is 1.67. The Morgan fingerprint density at radius 3 is 2.68 bits per heavy atom. The Bertz CT molecular complexity index is 1030. The molecule has 2 unspecified atom stereocenters. The van der Waals surface area contributed by atoms with Gasteiger partial charge in [-0.2, -0.15) is 5.26 Å². The number of nitrogens with one attached hydrogen (secondary N) is 1. The Labute approximate surface area is 179 Å². The van der Waals surface area contributed by atoms with Crippen molar-refractivity contribution in [3.63, 3.8) is 0 Å². The molecule has 1 aliphatic heterocycles. The third-order valence-corrected chi connectivity index (χ3v) is 5.55. The van der Waals surface area contributed by atoms with Crippen LogP contribution >= 0.6 is 0 Å². The molecule has 10 nitrogen and oxygen atoms in total. The van der Waals surface area contributed by atoms with Gasteiger partial charge < -0.3 is 15.1 Å². The summed E-state index contributed by atoms with van der Waals surface area (Å²) >= 11 is 0. The molecule has 1 aromatic heterocycles. The number of anilines is 1. The van der Waals surface area contributed by atoms with Gasteiger partial charge in [0.1, 0.15) is 6.04 Å². The summed E-state index contributed by atoms with van der Waals surface area (Å²) in [7, 11) is 1.51. The van der Waals surface area contributed by atoms with E-state index < -0.39 is 17.9 Å². The molecule has 1 saturated carbocycles. The van der Waals surface area contributed by atoms with Gasteiger partial charge in [-0.05, 0) is 31.4 Å². The number of likely N-dealkylation sites (tertiary alicyclic amines) is 1. The fourth-order valence-corrected chi connectivity index (χ4v) is 3.64. The average Bonchev–Trinajstić information content (AvgIpc) is 3.34. The molecular weight excluding hydrogens is 398 g/mol. The molecule has 1 aliphatic carbocycles. The van der Waals surface area contributed by atoms with Gasteiger partial charge in [0.05, 0.1) is 30.8 Å². The summed E-state index contributed by atoms with van der Waals surface area (Å²) in [5, 5.41) is 20.2. The van der Waals surface area contributed by atoms with Crippen LogP contribution in [0.5, 0.6) is 0 Å². The van der Waals surface area contributed by atoms with E-state index in [1.165, 1.54) is 16.8 Å². The highest BCUT2D eigenvalue weighted by Gasteiger charge is 2.39. The predicted octanol–water partition coefficient (Wildman–Crippen LogP) is 1.06. The normalized spacial score (nSPS) is 20.2. The molecule has 1 aromatic carbocycles. The van der Waals surface area contributed by atoms with Crippen molar-refractivity contribution in [1.29, 1.82) is 5.26 Å². The smallest absolute Gasteiger partial charge is 0.276 e. The summed E-state index contributed by atoms with van der Waals surface area (Å²) in [5.74, 6) is -1.52. The maximum atomic E-state index is 12.8. The third-order valence-electron chi connectivity index (χ3n) is 5.55. The van der Waals surface area contributed by atoms with Crippen LogP contribution in [0.2, 0.25) is 0 Å². The van der Waals surface area contributed by atoms with Crippen molar-refractivity contribution in [1.82, 2.24) is 24.8 Å². The second-order valence-electron chi connectivity index (χ2n) is 7.96. The lowest BCUT2D eigenvalue weighted by molar-refractivity contribution is -0.131. The van der Waals surface area contributed by atoms with Crippen LogP contribution in [0, 0.1) is 17.2 Å². The lowest BCUT2D eigenvalue weighted by atomic mass is 10.1. The van der Waals surface area contributed by atoms with E-state index in [-0.39, 0.29) is 37.0 Å². The first-order valence-corrected chi connectivity index (χ1v) is 10.2. The number of likely N-dealkylation sites (N-methyl/N-ethyl adjacent to an activating group) is 1. The molecule has 31 heavy (non-hydrogen) atoms. The Kier molecular flexibility index (Phi) is 5.66. The minimum atomic E-state index is -0.710. The van der Waals surface area contributed by atoms with Gasteiger partial charge in [0.2, 0.25) is 11.8 Å². The second-order valence-corrected chi connectivity index (χ2v) is 7.96. The van der Waals surface area contributed by atoms with Crippen molar-refractivity contribution in [2.24, 2.45) is 5.92 Å². The van der Waals surface area contributed by atoms with Gasteiger partial charge in [-0.1, -0.05) is 23.4 Å². The highest BCUT2D eigenvalue weighted by molar-refractivity contribution is 5.96. The second kappa shape index (κ2) is 8.55. The standard InChI is InChI=1S/C21H23N7O3/c1-26(21(31)18-12-28(25-24-18)16-7-8-16)13-19(29)27-11-14(9-17(27)10-22)20(30)23-15-5-3-2-4-6-15/h2-6,12,14,16-17H,7-9,11,13H2,1H3,(H,23,30). The van der Waals surface area contributed by atoms with Gasteiger partial charge in [-0.15, -0.1) is 5.10 Å². The number of hydrogen-bond donors (Lipinski definition) is 1. The van der Waals surface area contributed by atoms with E-state index in [9.17, 15) is 19.6 Å². The molecule has 0 radical (unpaired) electrons. The number of carbonyl (C=O) groups is 3. The number of nitrogens with zero attached hydrogens (tertiary/aromatic N) is 6. The van der Waals surface area contributed by atoms with Crippen LogP contribution in [-0.2, 0) is 9.59 Å². The molecule has 2 fully saturated rings. The maximum Gasteiger partial charge on any atom is 0.276 e. The first kappa shape index (κ1) is 20.5. The molecule has 2 heterocycles. The fourth-order valence-electron chi connectivity index (χ4n) is 3.64. The summed E-state index contributed by atoms with van der Waals surface area (Å²) in [6.07, 6.45) is 3.90. The van der Waals surface area contributed by atoms with Crippen LogP contribution in [0.4, 0.5) is 5.69 Å². The zero-order valence-electron chi connectivity index (χ0n) is 17.1. The molecule has 160 valence electrons. The quantitative estimate of drug-likeness (QED) is 0.744. The molecule has 1 saturated heterocycles. The summed E-state index contributed by atoms with van der Waals surface area (Å²) in [6.45, 7) is -0.0735. The molecular formula is C21H23N7O3. The van der Waals surface area contributed by atoms with E-state index in [0.717, 1.165) is 12.8 Å². The molecule has 3 amide bonds. The highest BCUT2D eigenvalue weighted by Crippen LogP contribution is 2.33. The molecule has 2 atom stereocenters. The minimum Gasteiger partial charge on any atom is -0.331 e. The molecule has 0 spiro atoms. The fraction of sp³-hybridized carbons (Fsp3) is 0.429. The number of nitriles is 1. The number of carbonyl (C=O) groups excluding carboxylic acids is 3. The molecule has 4 rings (SSSR count). The number of hydrogen-bond acceptors (Lipinski definition) is 6. The zero-order chi connectivity index (χ0) is 22.0. The summed E-state index contributed by atoms with van der Waals surface area (Å²) in [5.41, 5.74) is 0.843. The van der Waals surface area contributed by atoms with Crippen molar-refractivity contribution in [2.75, 3.05) is 25.5 Å². The summed E-state index contributed by atoms with van der Waals surface area (Å²) in [4.78, 5) is 40.6. The van der Waals surface area contributed by atoms with Gasteiger partial charge in [-0.3, -0.25) is 14.4 Å². The van der Waals surface area contributed by atoms with Gasteiger partial charge in [-0.25, -0.2) is 4.68 Å². The van der Waals surface area contributed by atoms with Crippen LogP contribution in [0.3, 0.4) is 0 Å². The monoisotopic (exact) mass is 421 g/mol. The minimum absolute atomic E-state index is 0.135. The lowest BCUT2D eigenvalue weighted by Crippen LogP contribution is -2.43. The van der Waals surface area contributed by atoms with Crippen molar-refractivity contribution in [3.05, 3.63) is 42.2 Å². The first-order chi connectivity index (χ1) is 15.0. The number of amides is 3. The summed E-state index contributed by atoms with van der Waals surface area (Å²) in [6, 6.07) is 10.7. The highest BCUT2D eigenvalue weighted by atomic mass is 16.2. The number of aromatic nitrogens is 3. The maximum absolute atomic E-state index is 12.8. The molecule has 1 N–H and O–H groups in total. The van der Waals surface area contributed by atoms with Crippen molar-refractivity contribution >= 4 is 23.4 Å². The Balaban J connectivity index is 1.35. The lowest BCUT2D eigenvalue weighted by Gasteiger charge is -2.23.